The van der Waals surface area contributed by atoms with E-state index >= 15 is 0 Å². The van der Waals surface area contributed by atoms with Crippen LogP contribution in [0.25, 0.3) is 0 Å². The minimum atomic E-state index is -0.923. The molecule has 2 atom stereocenters. The fraction of sp³-hybridized carbons (Fsp3) is 0.467. The molecule has 1 rings (SSSR count). The van der Waals surface area contributed by atoms with Crippen LogP contribution in [0.3, 0.4) is 0 Å². The van der Waals surface area contributed by atoms with Gasteiger partial charge in [-0.15, -0.1) is 0 Å². The zero-order chi connectivity index (χ0) is 17.6. The summed E-state index contributed by atoms with van der Waals surface area (Å²) in [7, 11) is 5.66. The highest BCUT2D eigenvalue weighted by molar-refractivity contribution is 9.10. The third-order valence-corrected chi connectivity index (χ3v) is 3.85. The summed E-state index contributed by atoms with van der Waals surface area (Å²) in [5.74, 6) is 0.0266. The van der Waals surface area contributed by atoms with Gasteiger partial charge in [0.25, 0.3) is 0 Å². The predicted molar refractivity (Wildman–Crippen MR) is 85.3 cm³/mol. The highest BCUT2D eigenvalue weighted by Gasteiger charge is 2.32. The van der Waals surface area contributed by atoms with Crippen molar-refractivity contribution in [1.82, 2.24) is 0 Å². The SMILES string of the molecule is COC(=O)[C@@H](Br)[C@@H](OC(C)=O)c1cc(OC)c(OC)c(OC)c1. The topological polar surface area (TPSA) is 80.3 Å². The number of ether oxygens (including phenoxy) is 5. The lowest BCUT2D eigenvalue weighted by Crippen LogP contribution is -2.27. The van der Waals surface area contributed by atoms with Gasteiger partial charge in [-0.2, -0.15) is 0 Å². The normalized spacial score (nSPS) is 12.8. The number of alkyl halides is 1. The average Bonchev–Trinajstić information content (AvgIpc) is 2.56. The molecular weight excluding hydrogens is 372 g/mol. The lowest BCUT2D eigenvalue weighted by atomic mass is 10.0. The van der Waals surface area contributed by atoms with Gasteiger partial charge in [-0.1, -0.05) is 15.9 Å². The lowest BCUT2D eigenvalue weighted by molar-refractivity contribution is -0.151. The first-order valence-electron chi connectivity index (χ1n) is 6.58. The zero-order valence-corrected chi connectivity index (χ0v) is 15.1. The third-order valence-electron chi connectivity index (χ3n) is 3.00. The first kappa shape index (κ1) is 19.1. The van der Waals surface area contributed by atoms with E-state index in [1.54, 1.807) is 12.1 Å². The molecule has 0 saturated carbocycles. The fourth-order valence-electron chi connectivity index (χ4n) is 1.98. The maximum atomic E-state index is 11.8. The molecule has 0 heterocycles. The van der Waals surface area contributed by atoms with E-state index in [4.69, 9.17) is 18.9 Å². The molecule has 1 aromatic carbocycles. The summed E-state index contributed by atoms with van der Waals surface area (Å²) in [6.07, 6.45) is -0.923. The lowest BCUT2D eigenvalue weighted by Gasteiger charge is -2.23. The molecule has 0 aliphatic rings. The van der Waals surface area contributed by atoms with Crippen molar-refractivity contribution in [2.75, 3.05) is 28.4 Å². The second-order valence-electron chi connectivity index (χ2n) is 4.41. The third kappa shape index (κ3) is 4.51. The fourth-order valence-corrected chi connectivity index (χ4v) is 2.58. The number of benzene rings is 1. The van der Waals surface area contributed by atoms with Gasteiger partial charge in [0, 0.05) is 12.5 Å². The van der Waals surface area contributed by atoms with E-state index in [0.717, 1.165) is 0 Å². The Morgan fingerprint density at radius 3 is 1.87 bits per heavy atom. The zero-order valence-electron chi connectivity index (χ0n) is 13.5. The van der Waals surface area contributed by atoms with E-state index in [-0.39, 0.29) is 0 Å². The smallest absolute Gasteiger partial charge is 0.323 e. The van der Waals surface area contributed by atoms with Crippen molar-refractivity contribution < 1.29 is 33.3 Å². The second-order valence-corrected chi connectivity index (χ2v) is 5.40. The van der Waals surface area contributed by atoms with E-state index in [1.165, 1.54) is 35.4 Å². The largest absolute Gasteiger partial charge is 0.493 e. The van der Waals surface area contributed by atoms with Crippen LogP contribution >= 0.6 is 15.9 Å². The summed E-state index contributed by atoms with van der Waals surface area (Å²) in [6.45, 7) is 1.25. The number of halogens is 1. The number of esters is 2. The molecule has 0 unspecified atom stereocenters. The highest BCUT2D eigenvalue weighted by atomic mass is 79.9. The maximum Gasteiger partial charge on any atom is 0.323 e. The Bertz CT molecular complexity index is 548. The van der Waals surface area contributed by atoms with E-state index in [2.05, 4.69) is 20.7 Å². The van der Waals surface area contributed by atoms with Gasteiger partial charge in [0.05, 0.1) is 28.4 Å². The van der Waals surface area contributed by atoms with Crippen LogP contribution in [-0.2, 0) is 19.1 Å². The van der Waals surface area contributed by atoms with Crippen molar-refractivity contribution in [3.05, 3.63) is 17.7 Å². The highest BCUT2D eigenvalue weighted by Crippen LogP contribution is 2.41. The second kappa shape index (κ2) is 8.61. The first-order chi connectivity index (χ1) is 10.9. The van der Waals surface area contributed by atoms with Crippen LogP contribution in [0.5, 0.6) is 17.2 Å². The molecule has 0 amide bonds. The molecular formula is C15H19BrO7. The minimum Gasteiger partial charge on any atom is -0.493 e. The Hall–Kier alpha value is -1.96. The predicted octanol–water partition coefficient (Wildman–Crippen LogP) is 2.25. The van der Waals surface area contributed by atoms with Crippen LogP contribution < -0.4 is 14.2 Å². The molecule has 0 fully saturated rings. The van der Waals surface area contributed by atoms with Gasteiger partial charge in [-0.05, 0) is 12.1 Å². The molecule has 0 spiro atoms. The molecule has 0 aliphatic carbocycles. The summed E-state index contributed by atoms with van der Waals surface area (Å²) < 4.78 is 25.7. The van der Waals surface area contributed by atoms with Gasteiger partial charge < -0.3 is 23.7 Å². The molecule has 0 radical (unpaired) electrons. The van der Waals surface area contributed by atoms with Crippen molar-refractivity contribution in [3.63, 3.8) is 0 Å². The molecule has 0 bridgehead atoms. The minimum absolute atomic E-state index is 0.378. The van der Waals surface area contributed by atoms with E-state index in [1.807, 2.05) is 0 Å². The molecule has 1 aromatic rings. The van der Waals surface area contributed by atoms with E-state index in [0.29, 0.717) is 22.8 Å². The van der Waals surface area contributed by atoms with Crippen molar-refractivity contribution in [2.45, 2.75) is 17.9 Å². The molecule has 23 heavy (non-hydrogen) atoms. The Kier molecular flexibility index (Phi) is 7.15. The maximum absolute atomic E-state index is 11.8. The van der Waals surface area contributed by atoms with Gasteiger partial charge >= 0.3 is 11.9 Å². The summed E-state index contributed by atoms with van der Waals surface area (Å²) in [4.78, 5) is 22.3. The van der Waals surface area contributed by atoms with Crippen molar-refractivity contribution in [3.8, 4) is 17.2 Å². The van der Waals surface area contributed by atoms with Crippen molar-refractivity contribution >= 4 is 27.9 Å². The van der Waals surface area contributed by atoms with Crippen LogP contribution in [0, 0.1) is 0 Å². The average molecular weight is 391 g/mol. The van der Waals surface area contributed by atoms with Gasteiger partial charge in [0.1, 0.15) is 0 Å². The Morgan fingerprint density at radius 2 is 1.52 bits per heavy atom. The number of hydrogen-bond acceptors (Lipinski definition) is 7. The van der Waals surface area contributed by atoms with Gasteiger partial charge in [-0.3, -0.25) is 9.59 Å². The molecule has 7 nitrogen and oxygen atoms in total. The van der Waals surface area contributed by atoms with Crippen LogP contribution in [0.1, 0.15) is 18.6 Å². The Labute approximate surface area is 142 Å². The van der Waals surface area contributed by atoms with E-state index < -0.39 is 22.9 Å². The summed E-state index contributed by atoms with van der Waals surface area (Å²) in [6, 6.07) is 3.21. The molecule has 128 valence electrons. The number of methoxy groups -OCH3 is 4. The van der Waals surface area contributed by atoms with Gasteiger partial charge in [0.2, 0.25) is 5.75 Å². The molecule has 8 heteroatoms. The number of carbonyl (C=O) groups excluding carboxylic acids is 2. The van der Waals surface area contributed by atoms with Crippen LogP contribution in [-0.4, -0.2) is 45.2 Å². The quantitative estimate of drug-likeness (QED) is 0.521. The summed E-state index contributed by atoms with van der Waals surface area (Å²) in [5, 5.41) is 0. The molecule has 0 saturated heterocycles. The number of hydrogen-bond donors (Lipinski definition) is 0. The Balaban J connectivity index is 3.40. The molecule has 0 aromatic heterocycles. The first-order valence-corrected chi connectivity index (χ1v) is 7.50. The van der Waals surface area contributed by atoms with Gasteiger partial charge in [0.15, 0.2) is 22.4 Å². The van der Waals surface area contributed by atoms with E-state index in [9.17, 15) is 9.59 Å². The van der Waals surface area contributed by atoms with Crippen molar-refractivity contribution in [2.24, 2.45) is 0 Å². The summed E-state index contributed by atoms with van der Waals surface area (Å²) >= 11 is 3.20. The van der Waals surface area contributed by atoms with Crippen LogP contribution in [0.4, 0.5) is 0 Å². The number of rotatable bonds is 7. The van der Waals surface area contributed by atoms with Crippen molar-refractivity contribution in [1.29, 1.82) is 0 Å². The van der Waals surface area contributed by atoms with Crippen LogP contribution in [0.2, 0.25) is 0 Å². The van der Waals surface area contributed by atoms with Gasteiger partial charge in [-0.25, -0.2) is 0 Å². The van der Waals surface area contributed by atoms with Crippen LogP contribution in [0.15, 0.2) is 12.1 Å². The standard InChI is InChI=1S/C15H19BrO7/c1-8(17)23-13(12(16)15(18)22-5)9-6-10(19-2)14(21-4)11(7-9)20-3/h6-7,12-13H,1-5H3/t12-,13-/m0/s1. The monoisotopic (exact) mass is 390 g/mol. The Morgan fingerprint density at radius 1 is 1.00 bits per heavy atom. The molecule has 0 N–H and O–H groups in total. The number of carbonyl (C=O) groups is 2. The summed E-state index contributed by atoms with van der Waals surface area (Å²) in [5.41, 5.74) is 0.488. The molecule has 0 aliphatic heterocycles.